The molecule has 0 amide bonds. The predicted octanol–water partition coefficient (Wildman–Crippen LogP) is 2.15. The Labute approximate surface area is 98.4 Å². The molecule has 0 radical (unpaired) electrons. The van der Waals surface area contributed by atoms with E-state index in [1.807, 2.05) is 0 Å². The fourth-order valence-corrected chi connectivity index (χ4v) is 2.32. The van der Waals surface area contributed by atoms with E-state index in [9.17, 15) is 0 Å². The van der Waals surface area contributed by atoms with E-state index in [4.69, 9.17) is 0 Å². The van der Waals surface area contributed by atoms with Crippen LogP contribution in [0.2, 0.25) is 0 Å². The van der Waals surface area contributed by atoms with Crippen LogP contribution in [0.25, 0.3) is 0 Å². The number of hydrogen-bond acceptors (Lipinski definition) is 2. The van der Waals surface area contributed by atoms with Crippen LogP contribution in [0.4, 0.5) is 0 Å². The van der Waals surface area contributed by atoms with Crippen LogP contribution in [0.15, 0.2) is 18.2 Å². The normalized spacial score (nSPS) is 17.6. The maximum Gasteiger partial charge on any atom is 0.0210 e. The topological polar surface area (TPSA) is 24.1 Å². The second-order valence-corrected chi connectivity index (χ2v) is 4.84. The van der Waals surface area contributed by atoms with Gasteiger partial charge < -0.3 is 10.6 Å². The Hall–Kier alpha value is -0.860. The van der Waals surface area contributed by atoms with Gasteiger partial charge in [-0.2, -0.15) is 0 Å². The van der Waals surface area contributed by atoms with E-state index in [2.05, 4.69) is 42.7 Å². The molecule has 0 bridgehead atoms. The quantitative estimate of drug-likeness (QED) is 0.812. The molecule has 88 valence electrons. The summed E-state index contributed by atoms with van der Waals surface area (Å²) in [4.78, 5) is 0. The molecule has 2 rings (SSSR count). The Morgan fingerprint density at radius 1 is 1.25 bits per heavy atom. The van der Waals surface area contributed by atoms with Gasteiger partial charge in [0.1, 0.15) is 0 Å². The Morgan fingerprint density at radius 2 is 2.00 bits per heavy atom. The maximum atomic E-state index is 3.66. The number of hydrogen-bond donors (Lipinski definition) is 2. The van der Waals surface area contributed by atoms with Crippen LogP contribution < -0.4 is 10.6 Å². The molecule has 0 atom stereocenters. The minimum absolute atomic E-state index is 0.696. The van der Waals surface area contributed by atoms with Crippen LogP contribution in [0.5, 0.6) is 0 Å². The van der Waals surface area contributed by atoms with Gasteiger partial charge >= 0.3 is 0 Å². The fraction of sp³-hybridized carbons (Fsp3) is 0.571. The summed E-state index contributed by atoms with van der Waals surface area (Å²) in [5.74, 6) is 0. The summed E-state index contributed by atoms with van der Waals surface area (Å²) in [7, 11) is 0. The average molecular weight is 218 g/mol. The minimum Gasteiger partial charge on any atom is -0.317 e. The third kappa shape index (κ3) is 3.06. The second-order valence-electron chi connectivity index (χ2n) is 4.84. The van der Waals surface area contributed by atoms with Gasteiger partial charge in [-0.15, -0.1) is 0 Å². The van der Waals surface area contributed by atoms with Crippen molar-refractivity contribution in [2.75, 3.05) is 13.1 Å². The lowest BCUT2D eigenvalue weighted by atomic mass is 10.0. The van der Waals surface area contributed by atoms with Gasteiger partial charge in [-0.1, -0.05) is 23.8 Å². The molecule has 1 heterocycles. The first-order valence-electron chi connectivity index (χ1n) is 6.26. The van der Waals surface area contributed by atoms with Crippen molar-refractivity contribution in [1.29, 1.82) is 0 Å². The van der Waals surface area contributed by atoms with Gasteiger partial charge in [0.05, 0.1) is 0 Å². The highest BCUT2D eigenvalue weighted by Crippen LogP contribution is 2.11. The van der Waals surface area contributed by atoms with E-state index in [1.165, 1.54) is 29.5 Å². The van der Waals surface area contributed by atoms with E-state index in [1.54, 1.807) is 0 Å². The van der Waals surface area contributed by atoms with E-state index in [0.717, 1.165) is 19.6 Å². The van der Waals surface area contributed by atoms with E-state index >= 15 is 0 Å². The van der Waals surface area contributed by atoms with Gasteiger partial charge in [0, 0.05) is 12.6 Å². The Balaban J connectivity index is 1.88. The number of nitrogens with one attached hydrogen (secondary N) is 2. The molecule has 1 aliphatic rings. The molecule has 1 fully saturated rings. The maximum absolute atomic E-state index is 3.66. The van der Waals surface area contributed by atoms with Crippen molar-refractivity contribution in [2.24, 2.45) is 0 Å². The average Bonchev–Trinajstić information content (AvgIpc) is 2.29. The molecule has 1 aromatic rings. The summed E-state index contributed by atoms with van der Waals surface area (Å²) in [6.07, 6.45) is 2.51. The van der Waals surface area contributed by atoms with E-state index in [0.29, 0.717) is 6.04 Å². The highest BCUT2D eigenvalue weighted by Gasteiger charge is 2.12. The largest absolute Gasteiger partial charge is 0.317 e. The zero-order valence-electron chi connectivity index (χ0n) is 10.3. The van der Waals surface area contributed by atoms with Gasteiger partial charge in [0.25, 0.3) is 0 Å². The van der Waals surface area contributed by atoms with Crippen molar-refractivity contribution in [3.8, 4) is 0 Å². The van der Waals surface area contributed by atoms with Crippen LogP contribution in [0.1, 0.15) is 29.5 Å². The predicted molar refractivity (Wildman–Crippen MR) is 68.6 cm³/mol. The van der Waals surface area contributed by atoms with Crippen LogP contribution in [-0.2, 0) is 6.54 Å². The molecule has 1 aromatic carbocycles. The standard InChI is InChI=1S/C14H22N2/c1-11-3-4-13(12(2)9-11)10-16-14-5-7-15-8-6-14/h3-4,9,14-16H,5-8,10H2,1-2H3. The number of benzene rings is 1. The minimum atomic E-state index is 0.696. The lowest BCUT2D eigenvalue weighted by Gasteiger charge is -2.24. The molecule has 0 unspecified atom stereocenters. The van der Waals surface area contributed by atoms with E-state index < -0.39 is 0 Å². The van der Waals surface area contributed by atoms with Gasteiger partial charge in [-0.3, -0.25) is 0 Å². The molecule has 0 aromatic heterocycles. The van der Waals surface area contributed by atoms with Crippen LogP contribution >= 0.6 is 0 Å². The highest BCUT2D eigenvalue weighted by atomic mass is 15.0. The lowest BCUT2D eigenvalue weighted by Crippen LogP contribution is -2.39. The molecule has 2 nitrogen and oxygen atoms in total. The van der Waals surface area contributed by atoms with Gasteiger partial charge in [0.15, 0.2) is 0 Å². The first-order valence-corrected chi connectivity index (χ1v) is 6.26. The summed E-state index contributed by atoms with van der Waals surface area (Å²) in [6, 6.07) is 7.41. The Bertz CT molecular complexity index is 341. The van der Waals surface area contributed by atoms with Crippen molar-refractivity contribution in [3.05, 3.63) is 34.9 Å². The molecule has 1 saturated heterocycles. The first kappa shape index (κ1) is 11.6. The fourth-order valence-electron chi connectivity index (χ4n) is 2.32. The van der Waals surface area contributed by atoms with Crippen LogP contribution in [0, 0.1) is 13.8 Å². The second kappa shape index (κ2) is 5.46. The van der Waals surface area contributed by atoms with Crippen molar-refractivity contribution < 1.29 is 0 Å². The van der Waals surface area contributed by atoms with Crippen LogP contribution in [0.3, 0.4) is 0 Å². The molecule has 2 N–H and O–H groups in total. The smallest absolute Gasteiger partial charge is 0.0210 e. The Morgan fingerprint density at radius 3 is 2.69 bits per heavy atom. The molecular weight excluding hydrogens is 196 g/mol. The van der Waals surface area contributed by atoms with Gasteiger partial charge in [-0.25, -0.2) is 0 Å². The summed E-state index contributed by atoms with van der Waals surface area (Å²) in [5, 5.41) is 7.05. The number of piperidine rings is 1. The SMILES string of the molecule is Cc1ccc(CNC2CCNCC2)c(C)c1. The number of rotatable bonds is 3. The molecule has 0 saturated carbocycles. The third-order valence-corrected chi connectivity index (χ3v) is 3.42. The highest BCUT2D eigenvalue weighted by molar-refractivity contribution is 5.30. The molecule has 0 spiro atoms. The van der Waals surface area contributed by atoms with Crippen molar-refractivity contribution in [3.63, 3.8) is 0 Å². The zero-order chi connectivity index (χ0) is 11.4. The summed E-state index contributed by atoms with van der Waals surface area (Å²) >= 11 is 0. The molecular formula is C14H22N2. The molecule has 0 aliphatic carbocycles. The molecule has 1 aliphatic heterocycles. The summed E-state index contributed by atoms with van der Waals surface area (Å²) in [6.45, 7) is 7.68. The van der Waals surface area contributed by atoms with Gasteiger partial charge in [-0.05, 0) is 50.9 Å². The van der Waals surface area contributed by atoms with Gasteiger partial charge in [0.2, 0.25) is 0 Å². The molecule has 2 heteroatoms. The van der Waals surface area contributed by atoms with Crippen LogP contribution in [-0.4, -0.2) is 19.1 Å². The van der Waals surface area contributed by atoms with Crippen molar-refractivity contribution >= 4 is 0 Å². The van der Waals surface area contributed by atoms with Crippen molar-refractivity contribution in [2.45, 2.75) is 39.3 Å². The first-order chi connectivity index (χ1) is 7.75. The monoisotopic (exact) mass is 218 g/mol. The third-order valence-electron chi connectivity index (χ3n) is 3.42. The molecule has 16 heavy (non-hydrogen) atoms. The lowest BCUT2D eigenvalue weighted by molar-refractivity contribution is 0.386. The van der Waals surface area contributed by atoms with Crippen molar-refractivity contribution in [1.82, 2.24) is 10.6 Å². The van der Waals surface area contributed by atoms with E-state index in [-0.39, 0.29) is 0 Å². The summed E-state index contributed by atoms with van der Waals surface area (Å²) < 4.78 is 0. The zero-order valence-corrected chi connectivity index (χ0v) is 10.3. The summed E-state index contributed by atoms with van der Waals surface area (Å²) in [5.41, 5.74) is 4.19. The Kier molecular flexibility index (Phi) is 3.97. The number of aryl methyl sites for hydroxylation is 2.